The molecule has 2 aliphatic heterocycles. The lowest BCUT2D eigenvalue weighted by Crippen LogP contribution is -2.43. The molecule has 2 N–H and O–H groups in total. The Morgan fingerprint density at radius 1 is 1.22 bits per heavy atom. The number of benzene rings is 1. The Balaban J connectivity index is 1.82. The number of aliphatic imine (C=N–C) groups is 1. The van der Waals surface area contributed by atoms with Crippen molar-refractivity contribution in [2.45, 2.75) is 12.7 Å². The Morgan fingerprint density at radius 3 is 2.83 bits per heavy atom. The Hall–Kier alpha value is -2.77. The molecule has 0 unspecified atom stereocenters. The number of rotatable bonds is 1. The summed E-state index contributed by atoms with van der Waals surface area (Å²) >= 11 is 0. The summed E-state index contributed by atoms with van der Waals surface area (Å²) in [4.78, 5) is 6.00. The highest BCUT2D eigenvalue weighted by molar-refractivity contribution is 5.98. The van der Waals surface area contributed by atoms with Gasteiger partial charge in [-0.25, -0.2) is 9.67 Å². The van der Waals surface area contributed by atoms with Crippen molar-refractivity contribution in [2.24, 2.45) is 10.7 Å². The van der Waals surface area contributed by atoms with Crippen molar-refractivity contribution in [1.29, 1.82) is 0 Å². The Morgan fingerprint density at radius 2 is 2.04 bits per heavy atom. The molecule has 0 radical (unpaired) electrons. The van der Waals surface area contributed by atoms with Gasteiger partial charge in [0.25, 0.3) is 0 Å². The van der Waals surface area contributed by atoms with E-state index < -0.39 is 11.7 Å². The maximum atomic E-state index is 12.9. The summed E-state index contributed by atoms with van der Waals surface area (Å²) in [5, 5.41) is 4.30. The van der Waals surface area contributed by atoms with Crippen molar-refractivity contribution >= 4 is 17.5 Å². The number of guanidine groups is 1. The van der Waals surface area contributed by atoms with Crippen molar-refractivity contribution < 1.29 is 13.2 Å². The van der Waals surface area contributed by atoms with Gasteiger partial charge in [0.2, 0.25) is 0 Å². The smallest absolute Gasteiger partial charge is 0.369 e. The zero-order valence-corrected chi connectivity index (χ0v) is 11.9. The first-order valence-electron chi connectivity index (χ1n) is 6.97. The average molecular weight is 319 g/mol. The van der Waals surface area contributed by atoms with Crippen LogP contribution in [0.25, 0.3) is 5.70 Å². The zero-order valence-electron chi connectivity index (χ0n) is 11.9. The molecule has 1 aromatic carbocycles. The second kappa shape index (κ2) is 4.61. The zero-order chi connectivity index (χ0) is 16.2. The van der Waals surface area contributed by atoms with Crippen LogP contribution in [0.1, 0.15) is 16.7 Å². The molecule has 5 nitrogen and oxygen atoms in total. The van der Waals surface area contributed by atoms with Gasteiger partial charge in [0.15, 0.2) is 5.96 Å². The molecule has 0 saturated carbocycles. The van der Waals surface area contributed by atoms with Crippen molar-refractivity contribution in [3.05, 3.63) is 53.2 Å². The van der Waals surface area contributed by atoms with Crippen LogP contribution in [0.3, 0.4) is 0 Å². The summed E-state index contributed by atoms with van der Waals surface area (Å²) in [5.74, 6) is 1.16. The minimum Gasteiger partial charge on any atom is -0.369 e. The van der Waals surface area contributed by atoms with Crippen molar-refractivity contribution in [3.63, 3.8) is 0 Å². The standard InChI is InChI=1S/C15H12F3N5/c16-15(17,18)11-3-1-2-9(6-11)12-4-5-22-13-10(7-20-14(22)19)8-21-23(12)13/h1-4,6,8H,5,7H2,(H2,19,20). The monoisotopic (exact) mass is 319 g/mol. The highest BCUT2D eigenvalue weighted by Gasteiger charge is 2.32. The number of aromatic nitrogens is 2. The Kier molecular flexibility index (Phi) is 2.78. The number of nitrogens with zero attached hydrogens (tertiary/aromatic N) is 4. The van der Waals surface area contributed by atoms with E-state index in [1.165, 1.54) is 6.07 Å². The second-order valence-electron chi connectivity index (χ2n) is 5.36. The number of hydrogen-bond acceptors (Lipinski definition) is 4. The normalized spacial score (nSPS) is 16.7. The van der Waals surface area contributed by atoms with Crippen LogP contribution in [-0.2, 0) is 12.7 Å². The van der Waals surface area contributed by atoms with E-state index >= 15 is 0 Å². The minimum atomic E-state index is -4.38. The summed E-state index contributed by atoms with van der Waals surface area (Å²) in [5.41, 5.74) is 7.19. The van der Waals surface area contributed by atoms with E-state index in [0.717, 1.165) is 23.5 Å². The predicted octanol–water partition coefficient (Wildman–Crippen LogP) is 2.44. The van der Waals surface area contributed by atoms with Gasteiger partial charge in [0.05, 0.1) is 24.0 Å². The summed E-state index contributed by atoms with van der Waals surface area (Å²) in [6.45, 7) is 0.868. The van der Waals surface area contributed by atoms with Crippen molar-refractivity contribution in [1.82, 2.24) is 9.78 Å². The topological polar surface area (TPSA) is 59.4 Å². The molecule has 3 heterocycles. The molecule has 2 aromatic rings. The van der Waals surface area contributed by atoms with Gasteiger partial charge in [-0.15, -0.1) is 0 Å². The molecule has 4 rings (SSSR count). The maximum absolute atomic E-state index is 12.9. The number of anilines is 1. The molecule has 0 saturated heterocycles. The first-order valence-corrected chi connectivity index (χ1v) is 6.97. The Labute approximate surface area is 129 Å². The van der Waals surface area contributed by atoms with Gasteiger partial charge in [0.1, 0.15) is 5.82 Å². The molecule has 0 atom stereocenters. The molecule has 8 heteroatoms. The van der Waals surface area contributed by atoms with Crippen molar-refractivity contribution in [2.75, 3.05) is 11.4 Å². The lowest BCUT2D eigenvalue weighted by molar-refractivity contribution is -0.137. The van der Waals surface area contributed by atoms with Gasteiger partial charge in [-0.1, -0.05) is 12.1 Å². The molecule has 0 spiro atoms. The highest BCUT2D eigenvalue weighted by Crippen LogP contribution is 2.35. The summed E-state index contributed by atoms with van der Waals surface area (Å²) in [7, 11) is 0. The lowest BCUT2D eigenvalue weighted by Gasteiger charge is -2.31. The molecule has 0 amide bonds. The number of nitrogens with two attached hydrogens (primary N) is 1. The fourth-order valence-corrected chi connectivity index (χ4v) is 2.85. The fraction of sp³-hybridized carbons (Fsp3) is 0.200. The van der Waals surface area contributed by atoms with Gasteiger partial charge < -0.3 is 5.73 Å². The molecular formula is C15H12F3N5. The Bertz CT molecular complexity index is 847. The lowest BCUT2D eigenvalue weighted by atomic mass is 10.1. The van der Waals surface area contributed by atoms with Crippen LogP contribution >= 0.6 is 0 Å². The summed E-state index contributed by atoms with van der Waals surface area (Å²) in [6.07, 6.45) is -0.907. The first-order chi connectivity index (χ1) is 10.9. The van der Waals surface area contributed by atoms with Gasteiger partial charge in [-0.2, -0.15) is 18.3 Å². The third-order valence-electron chi connectivity index (χ3n) is 3.94. The van der Waals surface area contributed by atoms with E-state index in [4.69, 9.17) is 5.73 Å². The largest absolute Gasteiger partial charge is 0.416 e. The molecule has 0 aliphatic carbocycles. The van der Waals surface area contributed by atoms with E-state index in [0.29, 0.717) is 30.3 Å². The highest BCUT2D eigenvalue weighted by atomic mass is 19.4. The van der Waals surface area contributed by atoms with Gasteiger partial charge >= 0.3 is 6.18 Å². The quantitative estimate of drug-likeness (QED) is 0.878. The molecule has 2 aliphatic rings. The average Bonchev–Trinajstić information content (AvgIpc) is 2.95. The molecule has 1 aromatic heterocycles. The van der Waals surface area contributed by atoms with E-state index in [1.807, 2.05) is 0 Å². The molecule has 0 fully saturated rings. The molecular weight excluding hydrogens is 307 g/mol. The maximum Gasteiger partial charge on any atom is 0.416 e. The summed E-state index contributed by atoms with van der Waals surface area (Å²) in [6, 6.07) is 5.24. The van der Waals surface area contributed by atoms with Crippen LogP contribution in [-0.4, -0.2) is 22.3 Å². The number of hydrogen-bond donors (Lipinski definition) is 1. The molecule has 0 bridgehead atoms. The SMILES string of the molecule is NC1=NCc2cnn3c2N1CC=C3c1cccc(C(F)(F)F)c1. The van der Waals surface area contributed by atoms with E-state index in [-0.39, 0.29) is 0 Å². The fourth-order valence-electron chi connectivity index (χ4n) is 2.85. The van der Waals surface area contributed by atoms with E-state index in [9.17, 15) is 13.2 Å². The van der Waals surface area contributed by atoms with Crippen LogP contribution in [0.4, 0.5) is 19.0 Å². The van der Waals surface area contributed by atoms with Crippen LogP contribution in [0, 0.1) is 0 Å². The van der Waals surface area contributed by atoms with E-state index in [2.05, 4.69) is 10.1 Å². The van der Waals surface area contributed by atoms with E-state index in [1.54, 1.807) is 27.9 Å². The summed E-state index contributed by atoms with van der Waals surface area (Å²) < 4.78 is 40.4. The van der Waals surface area contributed by atoms with Crippen LogP contribution in [0.2, 0.25) is 0 Å². The second-order valence-corrected chi connectivity index (χ2v) is 5.36. The van der Waals surface area contributed by atoms with Crippen molar-refractivity contribution in [3.8, 4) is 0 Å². The van der Waals surface area contributed by atoms with Crippen LogP contribution < -0.4 is 10.6 Å². The van der Waals surface area contributed by atoms with Gasteiger partial charge in [-0.3, -0.25) is 4.90 Å². The van der Waals surface area contributed by atoms with Gasteiger partial charge in [-0.05, 0) is 18.2 Å². The third kappa shape index (κ3) is 2.09. The minimum absolute atomic E-state index is 0.388. The first kappa shape index (κ1) is 13.9. The number of halogens is 3. The van der Waals surface area contributed by atoms with Crippen LogP contribution in [0.5, 0.6) is 0 Å². The third-order valence-corrected chi connectivity index (χ3v) is 3.94. The number of alkyl halides is 3. The molecule has 118 valence electrons. The van der Waals surface area contributed by atoms with Crippen LogP contribution in [0.15, 0.2) is 41.5 Å². The molecule has 23 heavy (non-hydrogen) atoms. The van der Waals surface area contributed by atoms with Gasteiger partial charge in [0, 0.05) is 17.7 Å². The predicted molar refractivity (Wildman–Crippen MR) is 79.7 cm³/mol.